The van der Waals surface area contributed by atoms with Crippen LogP contribution in [0.15, 0.2) is 12.7 Å². The summed E-state index contributed by atoms with van der Waals surface area (Å²) < 4.78 is 5.08. The second-order valence-electron chi connectivity index (χ2n) is 4.44. The van der Waals surface area contributed by atoms with Crippen molar-refractivity contribution in [2.45, 2.75) is 13.3 Å². The standard InChI is InChI=1S/C12H17NO3/c1-3-9-7-13-6-5-12(9,10(14)8-13)11(15)16-4-2/h3,9H,1,4-8H2,2H3/t9-,12+/m1/s1. The van der Waals surface area contributed by atoms with E-state index in [0.29, 0.717) is 19.6 Å². The number of ketones is 1. The average Bonchev–Trinajstić information content (AvgIpc) is 2.29. The molecule has 3 saturated heterocycles. The fourth-order valence-electron chi connectivity index (χ4n) is 2.78. The van der Waals surface area contributed by atoms with Crippen LogP contribution in [0.4, 0.5) is 0 Å². The summed E-state index contributed by atoms with van der Waals surface area (Å²) in [5.41, 5.74) is -0.938. The van der Waals surface area contributed by atoms with E-state index in [1.807, 2.05) is 0 Å². The molecule has 0 amide bonds. The Hall–Kier alpha value is -1.16. The quantitative estimate of drug-likeness (QED) is 0.400. The van der Waals surface area contributed by atoms with Crippen molar-refractivity contribution < 1.29 is 14.3 Å². The minimum atomic E-state index is -0.938. The lowest BCUT2D eigenvalue weighted by atomic mass is 9.64. The highest BCUT2D eigenvalue weighted by atomic mass is 16.5. The molecule has 0 aromatic rings. The molecule has 0 N–H and O–H groups in total. The number of esters is 1. The zero-order valence-electron chi connectivity index (χ0n) is 9.57. The average molecular weight is 223 g/mol. The monoisotopic (exact) mass is 223 g/mol. The van der Waals surface area contributed by atoms with E-state index in [9.17, 15) is 9.59 Å². The van der Waals surface area contributed by atoms with Crippen molar-refractivity contribution in [1.29, 1.82) is 0 Å². The zero-order valence-corrected chi connectivity index (χ0v) is 9.57. The molecule has 3 rings (SSSR count). The first-order valence-corrected chi connectivity index (χ1v) is 5.70. The summed E-state index contributed by atoms with van der Waals surface area (Å²) in [6.07, 6.45) is 2.29. The number of ether oxygens (including phenoxy) is 1. The molecule has 0 aromatic carbocycles. The van der Waals surface area contributed by atoms with Crippen LogP contribution in [-0.2, 0) is 14.3 Å². The normalized spacial score (nSPS) is 37.2. The van der Waals surface area contributed by atoms with E-state index in [1.54, 1.807) is 13.0 Å². The van der Waals surface area contributed by atoms with Crippen LogP contribution >= 0.6 is 0 Å². The van der Waals surface area contributed by atoms with Gasteiger partial charge in [-0.25, -0.2) is 0 Å². The Bertz CT molecular complexity index is 339. The maximum Gasteiger partial charge on any atom is 0.320 e. The maximum absolute atomic E-state index is 12.1. The summed E-state index contributed by atoms with van der Waals surface area (Å²) in [6, 6.07) is 0. The highest BCUT2D eigenvalue weighted by Gasteiger charge is 2.57. The Morgan fingerprint density at radius 3 is 3.06 bits per heavy atom. The molecule has 1 unspecified atom stereocenters. The van der Waals surface area contributed by atoms with Gasteiger partial charge >= 0.3 is 5.97 Å². The lowest BCUT2D eigenvalue weighted by Gasteiger charge is -2.49. The minimum Gasteiger partial charge on any atom is -0.465 e. The van der Waals surface area contributed by atoms with E-state index in [2.05, 4.69) is 11.5 Å². The summed E-state index contributed by atoms with van der Waals surface area (Å²) in [5, 5.41) is 0. The van der Waals surface area contributed by atoms with Crippen LogP contribution < -0.4 is 0 Å². The van der Waals surface area contributed by atoms with Gasteiger partial charge in [0, 0.05) is 19.0 Å². The van der Waals surface area contributed by atoms with Gasteiger partial charge in [0.1, 0.15) is 5.41 Å². The number of piperidine rings is 3. The Balaban J connectivity index is 2.34. The number of hydrogen-bond donors (Lipinski definition) is 0. The molecule has 3 aliphatic heterocycles. The van der Waals surface area contributed by atoms with Gasteiger partial charge in [0.25, 0.3) is 0 Å². The molecule has 3 aliphatic rings. The smallest absolute Gasteiger partial charge is 0.320 e. The highest BCUT2D eigenvalue weighted by Crippen LogP contribution is 2.43. The van der Waals surface area contributed by atoms with Gasteiger partial charge < -0.3 is 4.74 Å². The van der Waals surface area contributed by atoms with E-state index < -0.39 is 5.41 Å². The van der Waals surface area contributed by atoms with Gasteiger partial charge in [0.15, 0.2) is 5.78 Å². The predicted molar refractivity (Wildman–Crippen MR) is 58.8 cm³/mol. The second-order valence-corrected chi connectivity index (χ2v) is 4.44. The molecule has 4 heteroatoms. The van der Waals surface area contributed by atoms with Crippen LogP contribution in [0.3, 0.4) is 0 Å². The number of carbonyl (C=O) groups excluding carboxylic acids is 2. The largest absolute Gasteiger partial charge is 0.465 e. The van der Waals surface area contributed by atoms with Crippen LogP contribution in [-0.4, -0.2) is 42.9 Å². The van der Waals surface area contributed by atoms with E-state index >= 15 is 0 Å². The van der Waals surface area contributed by atoms with Crippen molar-refractivity contribution in [2.75, 3.05) is 26.2 Å². The van der Waals surface area contributed by atoms with Crippen molar-refractivity contribution in [3.8, 4) is 0 Å². The van der Waals surface area contributed by atoms with Crippen molar-refractivity contribution in [1.82, 2.24) is 4.90 Å². The third kappa shape index (κ3) is 1.40. The van der Waals surface area contributed by atoms with Crippen molar-refractivity contribution >= 4 is 11.8 Å². The topological polar surface area (TPSA) is 46.6 Å². The lowest BCUT2D eigenvalue weighted by molar-refractivity contribution is -0.172. The fourth-order valence-corrected chi connectivity index (χ4v) is 2.78. The van der Waals surface area contributed by atoms with Gasteiger partial charge in [0.05, 0.1) is 13.2 Å². The molecule has 0 spiro atoms. The van der Waals surface area contributed by atoms with Crippen LogP contribution in [0.1, 0.15) is 13.3 Å². The van der Waals surface area contributed by atoms with Crippen LogP contribution in [0.25, 0.3) is 0 Å². The summed E-state index contributed by atoms with van der Waals surface area (Å²) in [5.74, 6) is -0.459. The Morgan fingerprint density at radius 1 is 1.75 bits per heavy atom. The molecule has 4 nitrogen and oxygen atoms in total. The summed E-state index contributed by atoms with van der Waals surface area (Å²) >= 11 is 0. The number of fused-ring (bicyclic) bond motifs is 3. The van der Waals surface area contributed by atoms with E-state index in [1.165, 1.54) is 0 Å². The van der Waals surface area contributed by atoms with E-state index in [-0.39, 0.29) is 17.7 Å². The van der Waals surface area contributed by atoms with Gasteiger partial charge in [-0.05, 0) is 13.3 Å². The van der Waals surface area contributed by atoms with Crippen LogP contribution in [0.2, 0.25) is 0 Å². The SMILES string of the molecule is C=C[C@@H]1CN2CC[C@@]1(C(=O)OCC)C(=O)C2. The molecular weight excluding hydrogens is 206 g/mol. The molecule has 3 atom stereocenters. The zero-order chi connectivity index (χ0) is 11.8. The second kappa shape index (κ2) is 4.01. The van der Waals surface area contributed by atoms with Gasteiger partial charge in [-0.1, -0.05) is 6.08 Å². The first-order chi connectivity index (χ1) is 7.65. The maximum atomic E-state index is 12.1. The number of rotatable bonds is 3. The summed E-state index contributed by atoms with van der Waals surface area (Å²) in [4.78, 5) is 26.2. The molecule has 0 radical (unpaired) electrons. The van der Waals surface area contributed by atoms with Crippen molar-refractivity contribution in [3.63, 3.8) is 0 Å². The number of Topliss-reactive ketones (excluding diaryl/α,β-unsaturated/α-hetero) is 1. The summed E-state index contributed by atoms with van der Waals surface area (Å²) in [7, 11) is 0. The van der Waals surface area contributed by atoms with Crippen molar-refractivity contribution in [2.24, 2.45) is 11.3 Å². The van der Waals surface area contributed by atoms with Gasteiger partial charge in [-0.15, -0.1) is 6.58 Å². The first kappa shape index (κ1) is 11.3. The van der Waals surface area contributed by atoms with Gasteiger partial charge in [-0.3, -0.25) is 14.5 Å². The van der Waals surface area contributed by atoms with Gasteiger partial charge in [-0.2, -0.15) is 0 Å². The van der Waals surface area contributed by atoms with E-state index in [0.717, 1.165) is 13.1 Å². The molecule has 16 heavy (non-hydrogen) atoms. The third-order valence-corrected chi connectivity index (χ3v) is 3.70. The fraction of sp³-hybridized carbons (Fsp3) is 0.667. The Morgan fingerprint density at radius 2 is 2.50 bits per heavy atom. The Kier molecular flexibility index (Phi) is 2.84. The summed E-state index contributed by atoms with van der Waals surface area (Å²) in [6.45, 7) is 7.75. The van der Waals surface area contributed by atoms with Crippen LogP contribution in [0.5, 0.6) is 0 Å². The third-order valence-electron chi connectivity index (χ3n) is 3.70. The molecule has 3 fully saturated rings. The first-order valence-electron chi connectivity index (χ1n) is 5.70. The highest BCUT2D eigenvalue weighted by molar-refractivity contribution is 6.06. The van der Waals surface area contributed by atoms with Crippen LogP contribution in [0, 0.1) is 11.3 Å². The van der Waals surface area contributed by atoms with Crippen molar-refractivity contribution in [3.05, 3.63) is 12.7 Å². The minimum absolute atomic E-state index is 0.00616. The molecular formula is C12H17NO3. The molecule has 0 saturated carbocycles. The molecule has 88 valence electrons. The molecule has 3 heterocycles. The number of hydrogen-bond acceptors (Lipinski definition) is 4. The van der Waals surface area contributed by atoms with E-state index in [4.69, 9.17) is 4.74 Å². The lowest BCUT2D eigenvalue weighted by Crippen LogP contribution is -2.63. The number of carbonyl (C=O) groups is 2. The predicted octanol–water partition coefficient (Wildman–Crippen LogP) is 0.626. The number of nitrogens with zero attached hydrogens (tertiary/aromatic N) is 1. The molecule has 0 aliphatic carbocycles. The Labute approximate surface area is 95.2 Å². The molecule has 2 bridgehead atoms. The molecule has 0 aromatic heterocycles. The van der Waals surface area contributed by atoms with Gasteiger partial charge in [0.2, 0.25) is 0 Å².